The second kappa shape index (κ2) is 6.21. The standard InChI is InChI=1S/C18H18N6O2/c1-10-9-11(2)24-18(19-10)22-15(23-24)17(26)21-14-6-4-3-5-13(14)16(25)20-12-7-8-12/h3-6,9,12H,7-8H2,1-2H3,(H,20,25)(H,21,26). The first-order valence-corrected chi connectivity index (χ1v) is 8.43. The van der Waals surface area contributed by atoms with Crippen molar-refractivity contribution in [2.75, 3.05) is 5.32 Å². The van der Waals surface area contributed by atoms with E-state index in [1.165, 1.54) is 4.52 Å². The number of para-hydroxylation sites is 1. The highest BCUT2D eigenvalue weighted by Gasteiger charge is 2.25. The SMILES string of the molecule is Cc1cc(C)n2nc(C(=O)Nc3ccccc3C(=O)NC3CC3)nc2n1. The van der Waals surface area contributed by atoms with Gasteiger partial charge in [-0.3, -0.25) is 9.59 Å². The molecule has 2 N–H and O–H groups in total. The fraction of sp³-hybridized carbons (Fsp3) is 0.278. The lowest BCUT2D eigenvalue weighted by molar-refractivity contribution is 0.0952. The van der Waals surface area contributed by atoms with Crippen LogP contribution in [0, 0.1) is 13.8 Å². The zero-order valence-corrected chi connectivity index (χ0v) is 14.5. The number of nitrogens with one attached hydrogen (secondary N) is 2. The minimum Gasteiger partial charge on any atom is -0.349 e. The van der Waals surface area contributed by atoms with Gasteiger partial charge in [-0.15, -0.1) is 5.10 Å². The third kappa shape index (κ3) is 3.13. The number of carbonyl (C=O) groups is 2. The summed E-state index contributed by atoms with van der Waals surface area (Å²) in [6.45, 7) is 3.73. The summed E-state index contributed by atoms with van der Waals surface area (Å²) in [5, 5.41) is 9.87. The Morgan fingerprint density at radius 3 is 2.65 bits per heavy atom. The number of rotatable bonds is 4. The van der Waals surface area contributed by atoms with Gasteiger partial charge in [0.05, 0.1) is 11.3 Å². The lowest BCUT2D eigenvalue weighted by Gasteiger charge is -2.09. The van der Waals surface area contributed by atoms with Gasteiger partial charge in [0.25, 0.3) is 17.6 Å². The van der Waals surface area contributed by atoms with E-state index in [1.807, 2.05) is 19.9 Å². The van der Waals surface area contributed by atoms with Gasteiger partial charge in [-0.25, -0.2) is 9.50 Å². The monoisotopic (exact) mass is 350 g/mol. The van der Waals surface area contributed by atoms with Crippen LogP contribution in [-0.4, -0.2) is 37.4 Å². The van der Waals surface area contributed by atoms with Crippen LogP contribution < -0.4 is 10.6 Å². The van der Waals surface area contributed by atoms with Crippen molar-refractivity contribution in [3.05, 3.63) is 53.1 Å². The minimum atomic E-state index is -0.487. The molecule has 2 aromatic heterocycles. The molecule has 2 amide bonds. The summed E-state index contributed by atoms with van der Waals surface area (Å²) >= 11 is 0. The summed E-state index contributed by atoms with van der Waals surface area (Å²) in [5.74, 6) is -0.310. The number of hydrogen-bond acceptors (Lipinski definition) is 5. The predicted molar refractivity (Wildman–Crippen MR) is 95.1 cm³/mol. The molecule has 0 aliphatic heterocycles. The van der Waals surface area contributed by atoms with E-state index in [0.29, 0.717) is 17.0 Å². The summed E-state index contributed by atoms with van der Waals surface area (Å²) in [7, 11) is 0. The first-order chi connectivity index (χ1) is 12.5. The van der Waals surface area contributed by atoms with Crippen LogP contribution in [0.2, 0.25) is 0 Å². The molecule has 1 aromatic carbocycles. The van der Waals surface area contributed by atoms with E-state index in [0.717, 1.165) is 24.2 Å². The molecule has 132 valence electrons. The van der Waals surface area contributed by atoms with Crippen LogP contribution >= 0.6 is 0 Å². The fourth-order valence-corrected chi connectivity index (χ4v) is 2.72. The first-order valence-electron chi connectivity index (χ1n) is 8.43. The molecule has 1 fully saturated rings. The first kappa shape index (κ1) is 16.2. The van der Waals surface area contributed by atoms with Crippen LogP contribution in [0.4, 0.5) is 5.69 Å². The maximum Gasteiger partial charge on any atom is 0.295 e. The van der Waals surface area contributed by atoms with Crippen LogP contribution in [0.25, 0.3) is 5.78 Å². The second-order valence-electron chi connectivity index (χ2n) is 6.43. The van der Waals surface area contributed by atoms with Crippen LogP contribution in [0.1, 0.15) is 45.2 Å². The Hall–Kier alpha value is -3.29. The molecule has 0 radical (unpaired) electrons. The van der Waals surface area contributed by atoms with Gasteiger partial charge >= 0.3 is 0 Å². The highest BCUT2D eigenvalue weighted by Crippen LogP contribution is 2.21. The number of aryl methyl sites for hydroxylation is 2. The van der Waals surface area contributed by atoms with E-state index in [4.69, 9.17) is 0 Å². The van der Waals surface area contributed by atoms with Crippen molar-refractivity contribution in [2.24, 2.45) is 0 Å². The molecule has 26 heavy (non-hydrogen) atoms. The number of nitrogens with zero attached hydrogens (tertiary/aromatic N) is 4. The van der Waals surface area contributed by atoms with Crippen molar-refractivity contribution in [3.63, 3.8) is 0 Å². The summed E-state index contributed by atoms with van der Waals surface area (Å²) in [5.41, 5.74) is 2.48. The van der Waals surface area contributed by atoms with Gasteiger partial charge < -0.3 is 10.6 Å². The van der Waals surface area contributed by atoms with Gasteiger partial charge in [-0.1, -0.05) is 12.1 Å². The predicted octanol–water partition coefficient (Wildman–Crippen LogP) is 1.89. The molecule has 8 heteroatoms. The summed E-state index contributed by atoms with van der Waals surface area (Å²) in [4.78, 5) is 33.4. The van der Waals surface area contributed by atoms with Crippen molar-refractivity contribution in [2.45, 2.75) is 32.7 Å². The lowest BCUT2D eigenvalue weighted by Crippen LogP contribution is -2.27. The van der Waals surface area contributed by atoms with E-state index in [-0.39, 0.29) is 17.8 Å². The van der Waals surface area contributed by atoms with Gasteiger partial charge in [0.2, 0.25) is 5.82 Å². The highest BCUT2D eigenvalue weighted by molar-refractivity contribution is 6.07. The molecule has 4 rings (SSSR count). The third-order valence-corrected chi connectivity index (χ3v) is 4.15. The average molecular weight is 350 g/mol. The Morgan fingerprint density at radius 1 is 1.12 bits per heavy atom. The molecular formula is C18H18N6O2. The van der Waals surface area contributed by atoms with Gasteiger partial charge in [-0.05, 0) is 44.9 Å². The molecular weight excluding hydrogens is 332 g/mol. The summed E-state index contributed by atoms with van der Waals surface area (Å²) in [6.07, 6.45) is 1.99. The number of aromatic nitrogens is 4. The average Bonchev–Trinajstić information content (AvgIpc) is 3.30. The minimum absolute atomic E-state index is 0.00334. The highest BCUT2D eigenvalue weighted by atomic mass is 16.2. The molecule has 8 nitrogen and oxygen atoms in total. The number of carbonyl (C=O) groups excluding carboxylic acids is 2. The fourth-order valence-electron chi connectivity index (χ4n) is 2.72. The Labute approximate surface area is 149 Å². The number of benzene rings is 1. The van der Waals surface area contributed by atoms with Crippen molar-refractivity contribution in [1.29, 1.82) is 0 Å². The van der Waals surface area contributed by atoms with Crippen LogP contribution in [0.5, 0.6) is 0 Å². The molecule has 0 atom stereocenters. The maximum absolute atomic E-state index is 12.6. The van der Waals surface area contributed by atoms with Crippen molar-refractivity contribution in [3.8, 4) is 0 Å². The molecule has 1 aliphatic rings. The van der Waals surface area contributed by atoms with Crippen molar-refractivity contribution >= 4 is 23.3 Å². The van der Waals surface area contributed by atoms with Gasteiger partial charge in [-0.2, -0.15) is 4.98 Å². The molecule has 1 aliphatic carbocycles. The second-order valence-corrected chi connectivity index (χ2v) is 6.43. The molecule has 2 heterocycles. The quantitative estimate of drug-likeness (QED) is 0.748. The zero-order chi connectivity index (χ0) is 18.3. The third-order valence-electron chi connectivity index (χ3n) is 4.15. The zero-order valence-electron chi connectivity index (χ0n) is 14.5. The van der Waals surface area contributed by atoms with E-state index in [2.05, 4.69) is 25.7 Å². The molecule has 0 bridgehead atoms. The van der Waals surface area contributed by atoms with E-state index >= 15 is 0 Å². The molecule has 1 saturated carbocycles. The smallest absolute Gasteiger partial charge is 0.295 e. The Bertz CT molecular complexity index is 1020. The number of amides is 2. The molecule has 0 unspecified atom stereocenters. The normalized spacial score (nSPS) is 13.6. The summed E-state index contributed by atoms with van der Waals surface area (Å²) in [6, 6.07) is 8.99. The topological polar surface area (TPSA) is 101 Å². The van der Waals surface area contributed by atoms with Gasteiger partial charge in [0.15, 0.2) is 0 Å². The molecule has 0 spiro atoms. The van der Waals surface area contributed by atoms with Crippen LogP contribution in [-0.2, 0) is 0 Å². The van der Waals surface area contributed by atoms with Crippen LogP contribution in [0.15, 0.2) is 30.3 Å². The van der Waals surface area contributed by atoms with E-state index in [9.17, 15) is 9.59 Å². The van der Waals surface area contributed by atoms with Crippen molar-refractivity contribution in [1.82, 2.24) is 24.9 Å². The Kier molecular flexibility index (Phi) is 3.87. The van der Waals surface area contributed by atoms with E-state index in [1.54, 1.807) is 24.3 Å². The van der Waals surface area contributed by atoms with Gasteiger partial charge in [0, 0.05) is 17.4 Å². The Morgan fingerprint density at radius 2 is 1.88 bits per heavy atom. The lowest BCUT2D eigenvalue weighted by atomic mass is 10.1. The molecule has 3 aromatic rings. The molecule has 0 saturated heterocycles. The van der Waals surface area contributed by atoms with E-state index < -0.39 is 5.91 Å². The summed E-state index contributed by atoms with van der Waals surface area (Å²) < 4.78 is 1.52. The van der Waals surface area contributed by atoms with Crippen LogP contribution in [0.3, 0.4) is 0 Å². The Balaban J connectivity index is 1.60. The van der Waals surface area contributed by atoms with Crippen molar-refractivity contribution < 1.29 is 9.59 Å². The largest absolute Gasteiger partial charge is 0.349 e. The van der Waals surface area contributed by atoms with Gasteiger partial charge in [0.1, 0.15) is 0 Å². The number of hydrogen-bond donors (Lipinski definition) is 2. The number of anilines is 1. The number of fused-ring (bicyclic) bond motifs is 1. The maximum atomic E-state index is 12.6.